The van der Waals surface area contributed by atoms with E-state index >= 15 is 0 Å². The summed E-state index contributed by atoms with van der Waals surface area (Å²) in [5.74, 6) is 0.394. The predicted molar refractivity (Wildman–Crippen MR) is 118 cm³/mol. The quantitative estimate of drug-likeness (QED) is 0.352. The van der Waals surface area contributed by atoms with Crippen molar-refractivity contribution in [2.24, 2.45) is 0 Å². The maximum atomic E-state index is 12.5. The first-order valence-electron chi connectivity index (χ1n) is 10.1. The molecule has 2 aromatic rings. The molecule has 31 heavy (non-hydrogen) atoms. The molecule has 6 heteroatoms. The Hall–Kier alpha value is -3.31. The summed E-state index contributed by atoms with van der Waals surface area (Å²) in [5, 5.41) is 5.26. The highest BCUT2D eigenvalue weighted by Gasteiger charge is 2.22. The van der Waals surface area contributed by atoms with Gasteiger partial charge < -0.3 is 26.9 Å². The minimum Gasteiger partial charge on any atom is -1.00 e. The van der Waals surface area contributed by atoms with E-state index in [-0.39, 0.29) is 18.4 Å². The third-order valence-corrected chi connectivity index (χ3v) is 5.09. The van der Waals surface area contributed by atoms with Crippen LogP contribution in [-0.4, -0.2) is 26.2 Å². The number of methoxy groups -OCH3 is 1. The van der Waals surface area contributed by atoms with Crippen LogP contribution >= 0.6 is 0 Å². The Bertz CT molecular complexity index is 1260. The van der Waals surface area contributed by atoms with Crippen molar-refractivity contribution in [2.45, 2.75) is 13.8 Å². The molecule has 1 aliphatic carbocycles. The molecule has 5 nitrogen and oxygen atoms in total. The number of halogens is 1. The van der Waals surface area contributed by atoms with E-state index in [1.54, 1.807) is 6.07 Å². The van der Waals surface area contributed by atoms with Gasteiger partial charge in [-0.1, -0.05) is 18.2 Å². The molecule has 1 aliphatic heterocycles. The van der Waals surface area contributed by atoms with Crippen LogP contribution < -0.4 is 28.1 Å². The number of carbonyl (C=O) groups excluding carboxylic acids is 1. The van der Waals surface area contributed by atoms with Gasteiger partial charge in [0.15, 0.2) is 0 Å². The van der Waals surface area contributed by atoms with E-state index in [9.17, 15) is 4.79 Å². The summed E-state index contributed by atoms with van der Waals surface area (Å²) < 4.78 is 11.4. The van der Waals surface area contributed by atoms with Gasteiger partial charge in [-0.3, -0.25) is 0 Å². The summed E-state index contributed by atoms with van der Waals surface area (Å²) in [6, 6.07) is 19.7. The van der Waals surface area contributed by atoms with Gasteiger partial charge in [0.1, 0.15) is 17.9 Å². The van der Waals surface area contributed by atoms with Crippen molar-refractivity contribution >= 4 is 22.6 Å². The van der Waals surface area contributed by atoms with Crippen molar-refractivity contribution in [1.82, 2.24) is 0 Å². The smallest absolute Gasteiger partial charge is 0.338 e. The van der Waals surface area contributed by atoms with Gasteiger partial charge in [-0.05, 0) is 43.7 Å². The predicted octanol–water partition coefficient (Wildman–Crippen LogP) is 0.428. The van der Waals surface area contributed by atoms with Crippen LogP contribution in [0.5, 0.6) is 0 Å². The maximum absolute atomic E-state index is 12.5. The number of fused-ring (bicyclic) bond motifs is 2. The monoisotopic (exact) mass is 436 g/mol. The van der Waals surface area contributed by atoms with Crippen LogP contribution in [0.4, 0.5) is 5.69 Å². The van der Waals surface area contributed by atoms with E-state index in [0.717, 1.165) is 57.6 Å². The Balaban J connectivity index is 0.00000272. The van der Waals surface area contributed by atoms with E-state index in [4.69, 9.17) is 9.15 Å². The van der Waals surface area contributed by atoms with E-state index in [0.29, 0.717) is 5.56 Å². The summed E-state index contributed by atoms with van der Waals surface area (Å²) in [6.45, 7) is 5.76. The molecule has 0 aromatic heterocycles. The molecule has 4 rings (SSSR count). The number of nitrogens with one attached hydrogen (secondary N) is 2. The van der Waals surface area contributed by atoms with Crippen molar-refractivity contribution in [2.75, 3.05) is 25.5 Å². The maximum Gasteiger partial charge on any atom is 0.338 e. The van der Waals surface area contributed by atoms with Crippen LogP contribution in [0, 0.1) is 0 Å². The Morgan fingerprint density at radius 3 is 2.58 bits per heavy atom. The van der Waals surface area contributed by atoms with Crippen molar-refractivity contribution in [3.63, 3.8) is 0 Å². The van der Waals surface area contributed by atoms with Crippen molar-refractivity contribution in [3.05, 3.63) is 71.6 Å². The zero-order chi connectivity index (χ0) is 21.1. The van der Waals surface area contributed by atoms with Crippen LogP contribution in [0.3, 0.4) is 0 Å². The standard InChI is InChI=1S/C25H24N2O3.ClH/c1-4-26-16-10-12-20-22(14-16)30-23-15-17(27-5-2)11-13-21(23)24(20)18-8-6-7-9-19(18)25(28)29-3;/h6-15,26H,4-5H2,1-3H3;1H. The fourth-order valence-corrected chi connectivity index (χ4v) is 3.80. The van der Waals surface area contributed by atoms with Crippen LogP contribution in [0.1, 0.15) is 24.2 Å². The normalized spacial score (nSPS) is 11.4. The average Bonchev–Trinajstić information content (AvgIpc) is 2.77. The van der Waals surface area contributed by atoms with Gasteiger partial charge in [-0.25, -0.2) is 9.79 Å². The van der Waals surface area contributed by atoms with Crippen molar-refractivity contribution < 1.29 is 31.3 Å². The molecule has 0 radical (unpaired) electrons. The zero-order valence-corrected chi connectivity index (χ0v) is 18.5. The first-order valence-corrected chi connectivity index (χ1v) is 10.1. The molecule has 0 atom stereocenters. The highest BCUT2D eigenvalue weighted by atomic mass is 35.5. The lowest BCUT2D eigenvalue weighted by Crippen LogP contribution is -3.00. The molecule has 0 saturated heterocycles. The minimum atomic E-state index is -0.360. The number of esters is 1. The molecule has 0 unspecified atom stereocenters. The van der Waals surface area contributed by atoms with E-state index in [1.165, 1.54) is 7.11 Å². The number of ether oxygens (including phenoxy) is 1. The number of carbonyl (C=O) groups is 1. The summed E-state index contributed by atoms with van der Waals surface area (Å²) in [5.41, 5.74) is 4.99. The second-order valence-electron chi connectivity index (χ2n) is 7.00. The minimum absolute atomic E-state index is 0. The number of hydrogen-bond donors (Lipinski definition) is 2. The van der Waals surface area contributed by atoms with Gasteiger partial charge in [0.05, 0.1) is 18.7 Å². The molecule has 2 N–H and O–H groups in total. The lowest BCUT2D eigenvalue weighted by atomic mass is 9.90. The van der Waals surface area contributed by atoms with Gasteiger partial charge in [0, 0.05) is 40.9 Å². The number of hydrogen-bond acceptors (Lipinski definition) is 4. The van der Waals surface area contributed by atoms with Crippen molar-refractivity contribution in [1.29, 1.82) is 0 Å². The fraction of sp³-hybridized carbons (Fsp3) is 0.200. The molecule has 160 valence electrons. The third kappa shape index (κ3) is 4.28. The topological polar surface area (TPSA) is 65.4 Å². The van der Waals surface area contributed by atoms with Gasteiger partial charge in [0.25, 0.3) is 0 Å². The molecule has 0 saturated carbocycles. The Morgan fingerprint density at radius 1 is 1.03 bits per heavy atom. The summed E-state index contributed by atoms with van der Waals surface area (Å²) in [6.07, 6.45) is 0. The fourth-order valence-electron chi connectivity index (χ4n) is 3.80. The number of anilines is 1. The zero-order valence-electron chi connectivity index (χ0n) is 17.8. The Morgan fingerprint density at radius 2 is 1.84 bits per heavy atom. The third-order valence-electron chi connectivity index (χ3n) is 5.09. The first-order chi connectivity index (χ1) is 14.7. The molecule has 1 heterocycles. The average molecular weight is 437 g/mol. The van der Waals surface area contributed by atoms with Gasteiger partial charge in [0.2, 0.25) is 5.36 Å². The summed E-state index contributed by atoms with van der Waals surface area (Å²) in [4.78, 5) is 15.8. The highest BCUT2D eigenvalue weighted by molar-refractivity contribution is 6.08. The molecule has 0 fully saturated rings. The van der Waals surface area contributed by atoms with Crippen LogP contribution in [0.15, 0.2) is 65.1 Å². The molecule has 0 spiro atoms. The van der Waals surface area contributed by atoms with Crippen LogP contribution in [-0.2, 0) is 4.74 Å². The molecular formula is C25H25ClN2O3. The molecule has 0 bridgehead atoms. The second kappa shape index (κ2) is 9.67. The summed E-state index contributed by atoms with van der Waals surface area (Å²) in [7, 11) is 1.40. The first kappa shape index (κ1) is 22.4. The summed E-state index contributed by atoms with van der Waals surface area (Å²) >= 11 is 0. The van der Waals surface area contributed by atoms with Crippen molar-refractivity contribution in [3.8, 4) is 22.5 Å². The van der Waals surface area contributed by atoms with E-state index in [1.807, 2.05) is 54.6 Å². The number of benzene rings is 3. The highest BCUT2D eigenvalue weighted by Crippen LogP contribution is 2.41. The molecule has 2 aromatic carbocycles. The number of rotatable bonds is 5. The van der Waals surface area contributed by atoms with E-state index < -0.39 is 0 Å². The molecular weight excluding hydrogens is 412 g/mol. The van der Waals surface area contributed by atoms with Gasteiger partial charge >= 0.3 is 5.97 Å². The van der Waals surface area contributed by atoms with Gasteiger partial charge in [-0.15, -0.1) is 0 Å². The SMILES string of the molecule is CCNc1ccc2c(-c3ccccc3C(=O)OC)c3ccc(=[NH+]CC)cc-3oc2c1.[Cl-]. The molecule has 0 amide bonds. The molecule has 2 aliphatic rings. The van der Waals surface area contributed by atoms with Crippen LogP contribution in [0.2, 0.25) is 0 Å². The van der Waals surface area contributed by atoms with Gasteiger partial charge in [-0.2, -0.15) is 0 Å². The second-order valence-corrected chi connectivity index (χ2v) is 7.00. The lowest BCUT2D eigenvalue weighted by Gasteiger charge is -2.17. The Kier molecular flexibility index (Phi) is 6.98. The van der Waals surface area contributed by atoms with Crippen LogP contribution in [0.25, 0.3) is 33.4 Å². The largest absolute Gasteiger partial charge is 1.00 e. The Labute approximate surface area is 187 Å². The lowest BCUT2D eigenvalue weighted by molar-refractivity contribution is -0.496. The van der Waals surface area contributed by atoms with E-state index in [2.05, 4.69) is 24.2 Å².